The molecule has 1 fully saturated rings. The number of piperidine rings is 1. The Bertz CT molecular complexity index is 983. The number of hydrogen-bond acceptors (Lipinski definition) is 5. The number of nitrogens with one attached hydrogen (secondary N) is 1. The van der Waals surface area contributed by atoms with Crippen molar-refractivity contribution in [3.05, 3.63) is 76.5 Å². The maximum absolute atomic E-state index is 12.7. The summed E-state index contributed by atoms with van der Waals surface area (Å²) in [5.74, 6) is 0.0528. The van der Waals surface area contributed by atoms with E-state index in [1.54, 1.807) is 17.5 Å². The Morgan fingerprint density at radius 3 is 2.53 bits per heavy atom. The van der Waals surface area contributed by atoms with Gasteiger partial charge in [-0.2, -0.15) is 0 Å². The number of hydrogen-bond donors (Lipinski definition) is 1. The van der Waals surface area contributed by atoms with Crippen molar-refractivity contribution in [1.29, 1.82) is 0 Å². The van der Waals surface area contributed by atoms with E-state index in [-0.39, 0.29) is 17.7 Å². The number of carbonyl (C=O) groups is 2. The Hall–Kier alpha value is -3.06. The van der Waals surface area contributed by atoms with Crippen LogP contribution in [0.15, 0.2) is 60.1 Å². The summed E-state index contributed by atoms with van der Waals surface area (Å²) in [4.78, 5) is 35.9. The van der Waals surface area contributed by atoms with Gasteiger partial charge < -0.3 is 10.2 Å². The van der Waals surface area contributed by atoms with E-state index in [9.17, 15) is 9.59 Å². The van der Waals surface area contributed by atoms with E-state index >= 15 is 0 Å². The van der Waals surface area contributed by atoms with Gasteiger partial charge in [0.15, 0.2) is 0 Å². The number of likely N-dealkylation sites (tertiary alicyclic amines) is 1. The van der Waals surface area contributed by atoms with Gasteiger partial charge in [-0.3, -0.25) is 14.6 Å². The fraction of sp³-hybridized carbons (Fsp3) is 0.304. The number of pyridine rings is 1. The molecule has 0 spiro atoms. The zero-order valence-electron chi connectivity index (χ0n) is 16.7. The Balaban J connectivity index is 1.25. The summed E-state index contributed by atoms with van der Waals surface area (Å²) in [5, 5.41) is 5.88. The standard InChI is InChI=1S/C23H24N4O2S/c28-22(15-20-16-30-21(25-20)14-19-8-4-5-11-24-19)27-12-9-17(10-13-27)23(29)26-18-6-2-1-3-7-18/h1-8,11,16-17H,9-10,12-15H2,(H,26,29). The van der Waals surface area contributed by atoms with Gasteiger partial charge in [-0.1, -0.05) is 24.3 Å². The number of thiazole rings is 1. The van der Waals surface area contributed by atoms with E-state index < -0.39 is 0 Å². The maximum Gasteiger partial charge on any atom is 0.228 e. The van der Waals surface area contributed by atoms with Crippen LogP contribution < -0.4 is 5.32 Å². The molecule has 3 aromatic rings. The van der Waals surface area contributed by atoms with Crippen LogP contribution >= 0.6 is 11.3 Å². The number of carbonyl (C=O) groups excluding carboxylic acids is 2. The van der Waals surface area contributed by atoms with Crippen LogP contribution in [0, 0.1) is 5.92 Å². The molecule has 0 saturated carbocycles. The molecule has 7 heteroatoms. The van der Waals surface area contributed by atoms with Crippen LogP contribution in [0.4, 0.5) is 5.69 Å². The molecule has 1 saturated heterocycles. The van der Waals surface area contributed by atoms with E-state index in [1.807, 2.05) is 58.8 Å². The second-order valence-electron chi connectivity index (χ2n) is 7.42. The third-order valence-corrected chi connectivity index (χ3v) is 6.15. The normalized spacial score (nSPS) is 14.5. The molecule has 1 aliphatic heterocycles. The van der Waals surface area contributed by atoms with Gasteiger partial charge in [-0.25, -0.2) is 4.98 Å². The number of aromatic nitrogens is 2. The lowest BCUT2D eigenvalue weighted by Gasteiger charge is -2.31. The molecular formula is C23H24N4O2S. The van der Waals surface area contributed by atoms with Crippen molar-refractivity contribution < 1.29 is 9.59 Å². The van der Waals surface area contributed by atoms with Crippen LogP contribution in [0.3, 0.4) is 0 Å². The number of anilines is 1. The minimum Gasteiger partial charge on any atom is -0.342 e. The van der Waals surface area contributed by atoms with E-state index in [0.29, 0.717) is 38.8 Å². The van der Waals surface area contributed by atoms with Gasteiger partial charge in [0.05, 0.1) is 17.1 Å². The monoisotopic (exact) mass is 420 g/mol. The van der Waals surface area contributed by atoms with Crippen molar-refractivity contribution in [2.75, 3.05) is 18.4 Å². The summed E-state index contributed by atoms with van der Waals surface area (Å²) >= 11 is 1.56. The number of para-hydroxylation sites is 1. The van der Waals surface area contributed by atoms with Crippen molar-refractivity contribution in [1.82, 2.24) is 14.9 Å². The first-order valence-corrected chi connectivity index (χ1v) is 11.0. The average molecular weight is 421 g/mol. The molecule has 0 bridgehead atoms. The molecule has 0 radical (unpaired) electrons. The molecule has 30 heavy (non-hydrogen) atoms. The second-order valence-corrected chi connectivity index (χ2v) is 8.36. The van der Waals surface area contributed by atoms with Crippen molar-refractivity contribution in [2.45, 2.75) is 25.7 Å². The van der Waals surface area contributed by atoms with Crippen molar-refractivity contribution >= 4 is 28.8 Å². The van der Waals surface area contributed by atoms with Gasteiger partial charge in [0.2, 0.25) is 11.8 Å². The van der Waals surface area contributed by atoms with Crippen molar-refractivity contribution in [2.24, 2.45) is 5.92 Å². The fourth-order valence-corrected chi connectivity index (χ4v) is 4.40. The molecule has 2 amide bonds. The molecule has 1 aliphatic rings. The minimum absolute atomic E-state index is 0.0342. The van der Waals surface area contributed by atoms with Crippen LogP contribution in [0.1, 0.15) is 29.2 Å². The molecule has 4 rings (SSSR count). The summed E-state index contributed by atoms with van der Waals surface area (Å²) in [6.07, 6.45) is 4.14. The lowest BCUT2D eigenvalue weighted by atomic mass is 9.95. The molecule has 0 unspecified atom stereocenters. The zero-order valence-corrected chi connectivity index (χ0v) is 17.5. The highest BCUT2D eigenvalue weighted by molar-refractivity contribution is 7.09. The first kappa shape index (κ1) is 20.2. The van der Waals surface area contributed by atoms with Gasteiger partial charge in [0, 0.05) is 48.4 Å². The first-order valence-electron chi connectivity index (χ1n) is 10.1. The quantitative estimate of drug-likeness (QED) is 0.662. The van der Waals surface area contributed by atoms with E-state index in [0.717, 1.165) is 22.1 Å². The Morgan fingerprint density at radius 2 is 1.80 bits per heavy atom. The third kappa shape index (κ3) is 5.30. The van der Waals surface area contributed by atoms with Crippen LogP contribution in [-0.4, -0.2) is 39.8 Å². The molecular weight excluding hydrogens is 396 g/mol. The summed E-state index contributed by atoms with van der Waals surface area (Å²) in [6, 6.07) is 15.3. The van der Waals surface area contributed by atoms with Gasteiger partial charge in [0.25, 0.3) is 0 Å². The topological polar surface area (TPSA) is 75.2 Å². The molecule has 0 aliphatic carbocycles. The predicted molar refractivity (Wildman–Crippen MR) is 117 cm³/mol. The van der Waals surface area contributed by atoms with Crippen molar-refractivity contribution in [3.63, 3.8) is 0 Å². The molecule has 1 aromatic carbocycles. The minimum atomic E-state index is -0.0569. The third-order valence-electron chi connectivity index (χ3n) is 5.25. The highest BCUT2D eigenvalue weighted by Crippen LogP contribution is 2.21. The average Bonchev–Trinajstić information content (AvgIpc) is 3.22. The van der Waals surface area contributed by atoms with Crippen LogP contribution in [0.2, 0.25) is 0 Å². The van der Waals surface area contributed by atoms with Crippen LogP contribution in [-0.2, 0) is 22.4 Å². The second kappa shape index (κ2) is 9.63. The summed E-state index contributed by atoms with van der Waals surface area (Å²) < 4.78 is 0. The lowest BCUT2D eigenvalue weighted by Crippen LogP contribution is -2.42. The smallest absolute Gasteiger partial charge is 0.228 e. The molecule has 1 N–H and O–H groups in total. The number of nitrogens with zero attached hydrogens (tertiary/aromatic N) is 3. The largest absolute Gasteiger partial charge is 0.342 e. The maximum atomic E-state index is 12.7. The predicted octanol–water partition coefficient (Wildman–Crippen LogP) is 3.55. The van der Waals surface area contributed by atoms with Crippen LogP contribution in [0.25, 0.3) is 0 Å². The van der Waals surface area contributed by atoms with Crippen LogP contribution in [0.5, 0.6) is 0 Å². The first-order chi connectivity index (χ1) is 14.7. The number of amides is 2. The SMILES string of the molecule is O=C(Nc1ccccc1)C1CCN(C(=O)Cc2csc(Cc3ccccn3)n2)CC1. The Kier molecular flexibility index (Phi) is 6.49. The Labute approximate surface area is 180 Å². The summed E-state index contributed by atoms with van der Waals surface area (Å²) in [7, 11) is 0. The van der Waals surface area contributed by atoms with E-state index in [4.69, 9.17) is 0 Å². The van der Waals surface area contributed by atoms with Gasteiger partial charge in [-0.15, -0.1) is 11.3 Å². The van der Waals surface area contributed by atoms with Gasteiger partial charge in [-0.05, 0) is 37.1 Å². The van der Waals surface area contributed by atoms with Gasteiger partial charge in [0.1, 0.15) is 0 Å². The van der Waals surface area contributed by atoms with E-state index in [1.165, 1.54) is 0 Å². The molecule has 2 aromatic heterocycles. The molecule has 0 atom stereocenters. The molecule has 6 nitrogen and oxygen atoms in total. The van der Waals surface area contributed by atoms with Gasteiger partial charge >= 0.3 is 0 Å². The zero-order chi connectivity index (χ0) is 20.8. The number of rotatable bonds is 6. The Morgan fingerprint density at radius 1 is 1.03 bits per heavy atom. The van der Waals surface area contributed by atoms with Crippen molar-refractivity contribution in [3.8, 4) is 0 Å². The molecule has 154 valence electrons. The highest BCUT2D eigenvalue weighted by atomic mass is 32.1. The number of benzene rings is 1. The fourth-order valence-electron chi connectivity index (χ4n) is 3.59. The highest BCUT2D eigenvalue weighted by Gasteiger charge is 2.27. The van der Waals surface area contributed by atoms with E-state index in [2.05, 4.69) is 15.3 Å². The summed E-state index contributed by atoms with van der Waals surface area (Å²) in [5.41, 5.74) is 2.59. The molecule has 3 heterocycles. The summed E-state index contributed by atoms with van der Waals surface area (Å²) in [6.45, 7) is 1.22. The lowest BCUT2D eigenvalue weighted by molar-refractivity contribution is -0.133.